The van der Waals surface area contributed by atoms with Crippen LogP contribution in [0.3, 0.4) is 0 Å². The zero-order valence-electron chi connectivity index (χ0n) is 10.0. The van der Waals surface area contributed by atoms with Crippen molar-refractivity contribution in [1.82, 2.24) is 0 Å². The molecular weight excluding hydrogens is 283 g/mol. The molecule has 2 atom stereocenters. The van der Waals surface area contributed by atoms with E-state index in [2.05, 4.69) is 0 Å². The van der Waals surface area contributed by atoms with Gasteiger partial charge in [-0.3, -0.25) is 0 Å². The van der Waals surface area contributed by atoms with Crippen LogP contribution in [0.15, 0.2) is 42.5 Å². The second kappa shape index (κ2) is 5.04. The molecule has 1 aliphatic heterocycles. The normalized spacial score (nSPS) is 21.6. The first kappa shape index (κ1) is 12.8. The standard InChI is InChI=1S/C15H12Cl2O2/c16-10-5-9(6-11(17)7-10)15-8-13(18)12-3-1-2-4-14(12)19-15/h1-7,13,15,18H,8H2. The minimum atomic E-state index is -0.535. The fourth-order valence-electron chi connectivity index (χ4n) is 2.36. The summed E-state index contributed by atoms with van der Waals surface area (Å²) in [5, 5.41) is 11.3. The van der Waals surface area contributed by atoms with Gasteiger partial charge in [-0.15, -0.1) is 0 Å². The molecule has 19 heavy (non-hydrogen) atoms. The number of fused-ring (bicyclic) bond motifs is 1. The summed E-state index contributed by atoms with van der Waals surface area (Å²) < 4.78 is 5.92. The van der Waals surface area contributed by atoms with Crippen LogP contribution in [0.4, 0.5) is 0 Å². The molecule has 2 aromatic rings. The van der Waals surface area contributed by atoms with E-state index >= 15 is 0 Å². The summed E-state index contributed by atoms with van der Waals surface area (Å²) in [6.45, 7) is 0. The van der Waals surface area contributed by atoms with Crippen molar-refractivity contribution in [3.63, 3.8) is 0 Å². The maximum Gasteiger partial charge on any atom is 0.127 e. The molecule has 1 N–H and O–H groups in total. The molecule has 0 amide bonds. The van der Waals surface area contributed by atoms with E-state index in [4.69, 9.17) is 27.9 Å². The summed E-state index contributed by atoms with van der Waals surface area (Å²) in [5.74, 6) is 0.711. The number of hydrogen-bond donors (Lipinski definition) is 1. The first-order valence-electron chi connectivity index (χ1n) is 6.03. The van der Waals surface area contributed by atoms with Gasteiger partial charge in [-0.05, 0) is 29.8 Å². The summed E-state index contributed by atoms with van der Waals surface area (Å²) in [6, 6.07) is 12.8. The Morgan fingerprint density at radius 1 is 1.05 bits per heavy atom. The smallest absolute Gasteiger partial charge is 0.127 e. The van der Waals surface area contributed by atoms with E-state index in [-0.39, 0.29) is 6.10 Å². The van der Waals surface area contributed by atoms with Crippen LogP contribution in [0, 0.1) is 0 Å². The van der Waals surface area contributed by atoms with E-state index in [9.17, 15) is 5.11 Å². The molecule has 1 heterocycles. The number of aliphatic hydroxyl groups excluding tert-OH is 1. The van der Waals surface area contributed by atoms with Crippen LogP contribution >= 0.6 is 23.2 Å². The van der Waals surface area contributed by atoms with Crippen molar-refractivity contribution < 1.29 is 9.84 Å². The lowest BCUT2D eigenvalue weighted by molar-refractivity contribution is 0.0657. The van der Waals surface area contributed by atoms with E-state index in [0.29, 0.717) is 22.2 Å². The Balaban J connectivity index is 1.96. The third kappa shape index (κ3) is 2.57. The van der Waals surface area contributed by atoms with Gasteiger partial charge in [0.1, 0.15) is 11.9 Å². The minimum Gasteiger partial charge on any atom is -0.485 e. The van der Waals surface area contributed by atoms with Gasteiger partial charge >= 0.3 is 0 Å². The van der Waals surface area contributed by atoms with Crippen molar-refractivity contribution in [1.29, 1.82) is 0 Å². The molecule has 0 fully saturated rings. The zero-order chi connectivity index (χ0) is 13.4. The first-order chi connectivity index (χ1) is 9.13. The number of aliphatic hydroxyl groups is 1. The minimum absolute atomic E-state index is 0.235. The number of hydrogen-bond acceptors (Lipinski definition) is 2. The maximum absolute atomic E-state index is 10.2. The number of ether oxygens (including phenoxy) is 1. The highest BCUT2D eigenvalue weighted by Crippen LogP contribution is 2.41. The number of benzene rings is 2. The number of halogens is 2. The quantitative estimate of drug-likeness (QED) is 0.836. The number of para-hydroxylation sites is 1. The van der Waals surface area contributed by atoms with E-state index in [1.54, 1.807) is 6.07 Å². The lowest BCUT2D eigenvalue weighted by atomic mass is 9.95. The topological polar surface area (TPSA) is 29.5 Å². The first-order valence-corrected chi connectivity index (χ1v) is 6.79. The van der Waals surface area contributed by atoms with Crippen LogP contribution < -0.4 is 4.74 Å². The molecular formula is C15H12Cl2O2. The predicted molar refractivity (Wildman–Crippen MR) is 75.8 cm³/mol. The fraction of sp³-hybridized carbons (Fsp3) is 0.200. The second-order valence-electron chi connectivity index (χ2n) is 4.60. The van der Waals surface area contributed by atoms with Crippen molar-refractivity contribution >= 4 is 23.2 Å². The largest absolute Gasteiger partial charge is 0.485 e. The third-order valence-electron chi connectivity index (χ3n) is 3.24. The van der Waals surface area contributed by atoms with Crippen LogP contribution in [0.25, 0.3) is 0 Å². The van der Waals surface area contributed by atoms with Gasteiger partial charge in [0, 0.05) is 22.0 Å². The summed E-state index contributed by atoms with van der Waals surface area (Å²) >= 11 is 12.0. The monoisotopic (exact) mass is 294 g/mol. The van der Waals surface area contributed by atoms with Crippen LogP contribution in [-0.2, 0) is 0 Å². The van der Waals surface area contributed by atoms with Gasteiger partial charge in [0.2, 0.25) is 0 Å². The molecule has 0 spiro atoms. The Morgan fingerprint density at radius 3 is 2.47 bits per heavy atom. The molecule has 98 valence electrons. The fourth-order valence-corrected chi connectivity index (χ4v) is 2.90. The molecule has 0 aromatic heterocycles. The Bertz CT molecular complexity index is 593. The molecule has 2 aromatic carbocycles. The van der Waals surface area contributed by atoms with Crippen molar-refractivity contribution in [3.05, 3.63) is 63.6 Å². The summed E-state index contributed by atoms with van der Waals surface area (Å²) in [4.78, 5) is 0. The molecule has 2 nitrogen and oxygen atoms in total. The van der Waals surface area contributed by atoms with Gasteiger partial charge in [-0.1, -0.05) is 41.4 Å². The van der Waals surface area contributed by atoms with Gasteiger partial charge in [-0.2, -0.15) is 0 Å². The van der Waals surface area contributed by atoms with Crippen molar-refractivity contribution in [2.45, 2.75) is 18.6 Å². The maximum atomic E-state index is 10.2. The third-order valence-corrected chi connectivity index (χ3v) is 3.68. The Morgan fingerprint density at radius 2 is 1.74 bits per heavy atom. The number of rotatable bonds is 1. The van der Waals surface area contributed by atoms with Gasteiger partial charge in [-0.25, -0.2) is 0 Å². The average molecular weight is 295 g/mol. The Kier molecular flexibility index (Phi) is 3.40. The Labute approximate surface area is 121 Å². The highest BCUT2D eigenvalue weighted by molar-refractivity contribution is 6.34. The Hall–Kier alpha value is -1.22. The van der Waals surface area contributed by atoms with Crippen LogP contribution in [-0.4, -0.2) is 5.11 Å². The van der Waals surface area contributed by atoms with E-state index in [0.717, 1.165) is 11.1 Å². The van der Waals surface area contributed by atoms with Crippen molar-refractivity contribution in [3.8, 4) is 5.75 Å². The molecule has 4 heteroatoms. The lowest BCUT2D eigenvalue weighted by Gasteiger charge is -2.30. The van der Waals surface area contributed by atoms with Crippen LogP contribution in [0.1, 0.15) is 29.8 Å². The van der Waals surface area contributed by atoms with Gasteiger partial charge in [0.15, 0.2) is 0 Å². The molecule has 0 radical (unpaired) electrons. The molecule has 3 rings (SSSR count). The molecule has 0 aliphatic carbocycles. The van der Waals surface area contributed by atoms with Crippen LogP contribution in [0.5, 0.6) is 5.75 Å². The van der Waals surface area contributed by atoms with E-state index < -0.39 is 6.10 Å². The zero-order valence-corrected chi connectivity index (χ0v) is 11.5. The lowest BCUT2D eigenvalue weighted by Crippen LogP contribution is -2.18. The van der Waals surface area contributed by atoms with Crippen molar-refractivity contribution in [2.24, 2.45) is 0 Å². The van der Waals surface area contributed by atoms with Crippen LogP contribution in [0.2, 0.25) is 10.0 Å². The van der Waals surface area contributed by atoms with Gasteiger partial charge in [0.25, 0.3) is 0 Å². The van der Waals surface area contributed by atoms with E-state index in [1.165, 1.54) is 0 Å². The van der Waals surface area contributed by atoms with Gasteiger partial charge in [0.05, 0.1) is 6.10 Å². The molecule has 0 bridgehead atoms. The van der Waals surface area contributed by atoms with Gasteiger partial charge < -0.3 is 9.84 Å². The highest BCUT2D eigenvalue weighted by atomic mass is 35.5. The van der Waals surface area contributed by atoms with E-state index in [1.807, 2.05) is 36.4 Å². The highest BCUT2D eigenvalue weighted by Gasteiger charge is 2.27. The molecule has 1 aliphatic rings. The molecule has 2 unspecified atom stereocenters. The summed E-state index contributed by atoms with van der Waals surface area (Å²) in [5.41, 5.74) is 1.71. The predicted octanol–water partition coefficient (Wildman–Crippen LogP) is 4.55. The molecule has 0 saturated heterocycles. The van der Waals surface area contributed by atoms with Crippen molar-refractivity contribution in [2.75, 3.05) is 0 Å². The SMILES string of the molecule is OC1CC(c2cc(Cl)cc(Cl)c2)Oc2ccccc21. The average Bonchev–Trinajstić information content (AvgIpc) is 2.37. The summed E-state index contributed by atoms with van der Waals surface area (Å²) in [7, 11) is 0. The molecule has 0 saturated carbocycles. The second-order valence-corrected chi connectivity index (χ2v) is 5.47. The summed E-state index contributed by atoms with van der Waals surface area (Å²) in [6.07, 6.45) is -0.276.